The number of sulfonamides is 1. The predicted molar refractivity (Wildman–Crippen MR) is 82.9 cm³/mol. The number of rotatable bonds is 4. The summed E-state index contributed by atoms with van der Waals surface area (Å²) in [7, 11) is -3.10. The van der Waals surface area contributed by atoms with E-state index < -0.39 is 32.8 Å². The number of halogens is 4. The number of ether oxygens (including phenoxy) is 1. The van der Waals surface area contributed by atoms with Crippen LogP contribution in [-0.2, 0) is 20.9 Å². The van der Waals surface area contributed by atoms with E-state index in [0.29, 0.717) is 6.07 Å². The molecular formula is C13H9ClF3NO4S2. The minimum absolute atomic E-state index is 0.150. The van der Waals surface area contributed by atoms with Crippen molar-refractivity contribution in [1.29, 1.82) is 0 Å². The maximum Gasteiger partial charge on any atom is 0.417 e. The molecule has 0 aliphatic carbocycles. The topological polar surface area (TPSA) is 72.5 Å². The molecule has 0 unspecified atom stereocenters. The zero-order valence-electron chi connectivity index (χ0n) is 11.8. The molecule has 1 N–H and O–H groups in total. The van der Waals surface area contributed by atoms with Gasteiger partial charge in [0.2, 0.25) is 0 Å². The molecule has 1 aromatic heterocycles. The van der Waals surface area contributed by atoms with Gasteiger partial charge in [0, 0.05) is 0 Å². The second-order valence-corrected chi connectivity index (χ2v) is 7.38. The number of anilines is 1. The van der Waals surface area contributed by atoms with E-state index in [-0.39, 0.29) is 15.5 Å². The molecule has 0 atom stereocenters. The summed E-state index contributed by atoms with van der Waals surface area (Å²) in [5.74, 6) is -0.837. The first-order valence-electron chi connectivity index (χ1n) is 6.11. The lowest BCUT2D eigenvalue weighted by atomic mass is 10.2. The first kappa shape index (κ1) is 18.6. The van der Waals surface area contributed by atoms with E-state index in [2.05, 4.69) is 9.46 Å². The summed E-state index contributed by atoms with van der Waals surface area (Å²) in [6.45, 7) is 0. The summed E-state index contributed by atoms with van der Waals surface area (Å²) in [6.07, 6.45) is -4.65. The molecule has 130 valence electrons. The van der Waals surface area contributed by atoms with E-state index in [1.165, 1.54) is 11.4 Å². The maximum absolute atomic E-state index is 12.6. The van der Waals surface area contributed by atoms with E-state index in [1.54, 1.807) is 0 Å². The fourth-order valence-electron chi connectivity index (χ4n) is 1.77. The molecule has 0 saturated heterocycles. The Balaban J connectivity index is 2.36. The van der Waals surface area contributed by atoms with Gasteiger partial charge in [-0.05, 0) is 29.6 Å². The number of carbonyl (C=O) groups excluding carboxylic acids is 1. The van der Waals surface area contributed by atoms with Crippen LogP contribution in [0.25, 0.3) is 0 Å². The van der Waals surface area contributed by atoms with Crippen LogP contribution < -0.4 is 4.72 Å². The number of methoxy groups -OCH3 is 1. The van der Waals surface area contributed by atoms with Crippen LogP contribution in [0.1, 0.15) is 15.2 Å². The van der Waals surface area contributed by atoms with Gasteiger partial charge in [-0.25, -0.2) is 13.2 Å². The van der Waals surface area contributed by atoms with Crippen LogP contribution in [0.15, 0.2) is 34.5 Å². The minimum Gasteiger partial charge on any atom is -0.465 e. The number of hydrogen-bond acceptors (Lipinski definition) is 5. The van der Waals surface area contributed by atoms with Crippen molar-refractivity contribution in [3.8, 4) is 0 Å². The molecule has 0 saturated carbocycles. The molecule has 0 aliphatic rings. The van der Waals surface area contributed by atoms with Gasteiger partial charge in [0.1, 0.15) is 9.77 Å². The van der Waals surface area contributed by atoms with Crippen LogP contribution in [-0.4, -0.2) is 21.5 Å². The van der Waals surface area contributed by atoms with E-state index in [9.17, 15) is 26.4 Å². The Morgan fingerprint density at radius 1 is 1.29 bits per heavy atom. The molecule has 0 aliphatic heterocycles. The Labute approximate surface area is 144 Å². The highest BCUT2D eigenvalue weighted by Gasteiger charge is 2.33. The molecule has 0 spiro atoms. The standard InChI is InChI=1S/C13H9ClF3NO4S2/c1-22-12(19)11-10(4-5-23-11)24(20,21)18-7-2-3-8(9(14)6-7)13(15,16)17/h2-6,18H,1H3. The van der Waals surface area contributed by atoms with Crippen molar-refractivity contribution in [2.45, 2.75) is 11.1 Å². The van der Waals surface area contributed by atoms with Crippen LogP contribution in [0.4, 0.5) is 18.9 Å². The Morgan fingerprint density at radius 3 is 2.50 bits per heavy atom. The molecule has 24 heavy (non-hydrogen) atoms. The SMILES string of the molecule is COC(=O)c1sccc1S(=O)(=O)Nc1ccc(C(F)(F)F)c(Cl)c1. The lowest BCUT2D eigenvalue weighted by Crippen LogP contribution is -2.16. The van der Waals surface area contributed by atoms with Crippen molar-refractivity contribution in [3.05, 3.63) is 45.1 Å². The first-order valence-corrected chi connectivity index (χ1v) is 8.85. The van der Waals surface area contributed by atoms with E-state index in [4.69, 9.17) is 11.6 Å². The third-order valence-corrected chi connectivity index (χ3v) is 5.58. The zero-order chi connectivity index (χ0) is 18.1. The van der Waals surface area contributed by atoms with Gasteiger partial charge in [-0.1, -0.05) is 11.6 Å². The van der Waals surface area contributed by atoms with Gasteiger partial charge in [-0.2, -0.15) is 13.2 Å². The number of thiophene rings is 1. The normalized spacial score (nSPS) is 12.0. The van der Waals surface area contributed by atoms with Crippen molar-refractivity contribution in [1.82, 2.24) is 0 Å². The first-order chi connectivity index (χ1) is 11.1. The Morgan fingerprint density at radius 2 is 1.96 bits per heavy atom. The predicted octanol–water partition coefficient (Wildman–Crippen LogP) is 4.01. The number of carbonyl (C=O) groups is 1. The van der Waals surface area contributed by atoms with Crippen LogP contribution in [0, 0.1) is 0 Å². The molecular weight excluding hydrogens is 391 g/mol. The van der Waals surface area contributed by atoms with Crippen LogP contribution in [0.3, 0.4) is 0 Å². The molecule has 1 aromatic carbocycles. The van der Waals surface area contributed by atoms with Gasteiger partial charge < -0.3 is 4.74 Å². The van der Waals surface area contributed by atoms with Crippen LogP contribution in [0.2, 0.25) is 5.02 Å². The summed E-state index contributed by atoms with van der Waals surface area (Å²) < 4.78 is 69.2. The molecule has 0 fully saturated rings. The second kappa shape index (κ2) is 6.61. The van der Waals surface area contributed by atoms with Gasteiger partial charge >= 0.3 is 12.1 Å². The fourth-order valence-corrected chi connectivity index (χ4v) is 4.44. The second-order valence-electron chi connectivity index (χ2n) is 4.40. The monoisotopic (exact) mass is 399 g/mol. The number of hydrogen-bond donors (Lipinski definition) is 1. The highest BCUT2D eigenvalue weighted by Crippen LogP contribution is 2.36. The summed E-state index contributed by atoms with van der Waals surface area (Å²) in [6, 6.07) is 3.61. The van der Waals surface area contributed by atoms with Gasteiger partial charge in [0.25, 0.3) is 10.0 Å². The molecule has 0 amide bonds. The van der Waals surface area contributed by atoms with Crippen molar-refractivity contribution < 1.29 is 31.1 Å². The Kier molecular flexibility index (Phi) is 5.11. The molecule has 11 heteroatoms. The molecule has 0 radical (unpaired) electrons. The summed E-state index contributed by atoms with van der Waals surface area (Å²) in [4.78, 5) is 11.1. The molecule has 2 aromatic rings. The Bertz CT molecular complexity index is 878. The van der Waals surface area contributed by atoms with Crippen molar-refractivity contribution in [2.75, 3.05) is 11.8 Å². The smallest absolute Gasteiger partial charge is 0.417 e. The summed E-state index contributed by atoms with van der Waals surface area (Å²) in [5.41, 5.74) is -1.26. The zero-order valence-corrected chi connectivity index (χ0v) is 14.2. The van der Waals surface area contributed by atoms with Gasteiger partial charge in [-0.15, -0.1) is 11.3 Å². The van der Waals surface area contributed by atoms with E-state index >= 15 is 0 Å². The van der Waals surface area contributed by atoms with Crippen molar-refractivity contribution in [3.63, 3.8) is 0 Å². The minimum atomic E-state index is -4.65. The summed E-state index contributed by atoms with van der Waals surface area (Å²) in [5, 5.41) is 0.724. The fraction of sp³-hybridized carbons (Fsp3) is 0.154. The lowest BCUT2D eigenvalue weighted by molar-refractivity contribution is -0.137. The van der Waals surface area contributed by atoms with Crippen LogP contribution in [0.5, 0.6) is 0 Å². The number of benzene rings is 1. The van der Waals surface area contributed by atoms with Crippen molar-refractivity contribution in [2.24, 2.45) is 0 Å². The average Bonchev–Trinajstić information content (AvgIpc) is 2.95. The number of nitrogens with one attached hydrogen (secondary N) is 1. The molecule has 5 nitrogen and oxygen atoms in total. The molecule has 0 bridgehead atoms. The molecule has 2 rings (SSSR count). The number of esters is 1. The third-order valence-electron chi connectivity index (χ3n) is 2.82. The highest BCUT2D eigenvalue weighted by molar-refractivity contribution is 7.93. The lowest BCUT2D eigenvalue weighted by Gasteiger charge is -2.12. The Hall–Kier alpha value is -1.78. The highest BCUT2D eigenvalue weighted by atomic mass is 35.5. The third kappa shape index (κ3) is 3.82. The quantitative estimate of drug-likeness (QED) is 0.788. The van der Waals surface area contributed by atoms with Gasteiger partial charge in [-0.3, -0.25) is 4.72 Å². The van der Waals surface area contributed by atoms with Crippen molar-refractivity contribution >= 4 is 44.6 Å². The molecule has 1 heterocycles. The van der Waals surface area contributed by atoms with E-state index in [1.807, 2.05) is 0 Å². The van der Waals surface area contributed by atoms with Crippen LogP contribution >= 0.6 is 22.9 Å². The van der Waals surface area contributed by atoms with E-state index in [0.717, 1.165) is 30.6 Å². The maximum atomic E-state index is 12.6. The van der Waals surface area contributed by atoms with Gasteiger partial charge in [0.15, 0.2) is 0 Å². The largest absolute Gasteiger partial charge is 0.465 e. The summed E-state index contributed by atoms with van der Waals surface area (Å²) >= 11 is 6.41. The average molecular weight is 400 g/mol. The van der Waals surface area contributed by atoms with Gasteiger partial charge in [0.05, 0.1) is 23.4 Å². The number of alkyl halides is 3.